The SMILES string of the molecule is COc1ccc(C(C(=O)Nc2ccc(S(C)(C)C)cc2F)N(C)C(=O)c2cc(O)no2)cc1. The fourth-order valence-corrected chi connectivity index (χ4v) is 4.11. The number of hydrogen-bond acceptors (Lipinski definition) is 6. The number of halogens is 1. The van der Waals surface area contributed by atoms with Gasteiger partial charge in [0.15, 0.2) is 0 Å². The minimum absolute atomic E-state index is 0.00377. The second kappa shape index (κ2) is 9.53. The zero-order valence-corrected chi connectivity index (χ0v) is 19.8. The quantitative estimate of drug-likeness (QED) is 0.535. The number of nitrogens with one attached hydrogen (secondary N) is 1. The zero-order chi connectivity index (χ0) is 24.3. The van der Waals surface area contributed by atoms with Crippen molar-refractivity contribution in [2.45, 2.75) is 10.9 Å². The molecule has 0 saturated carbocycles. The van der Waals surface area contributed by atoms with E-state index in [1.165, 1.54) is 26.3 Å². The monoisotopic (exact) mass is 475 g/mol. The molecule has 3 aromatic rings. The molecular weight excluding hydrogens is 449 g/mol. The van der Waals surface area contributed by atoms with Crippen LogP contribution in [0.15, 0.2) is 57.9 Å². The van der Waals surface area contributed by atoms with E-state index in [1.807, 2.05) is 18.8 Å². The first kappa shape index (κ1) is 24.1. The third kappa shape index (κ3) is 5.46. The molecule has 10 heteroatoms. The van der Waals surface area contributed by atoms with Gasteiger partial charge >= 0.3 is 0 Å². The van der Waals surface area contributed by atoms with Gasteiger partial charge in [-0.15, -0.1) is 0 Å². The Hall–Kier alpha value is -3.53. The van der Waals surface area contributed by atoms with E-state index in [-0.39, 0.29) is 11.4 Å². The van der Waals surface area contributed by atoms with Crippen LogP contribution in [0.25, 0.3) is 0 Å². The van der Waals surface area contributed by atoms with E-state index in [0.29, 0.717) is 11.3 Å². The first-order valence-corrected chi connectivity index (χ1v) is 12.7. The number of aromatic nitrogens is 1. The number of likely N-dealkylation sites (N-methyl/N-ethyl adjacent to an activating group) is 1. The first-order chi connectivity index (χ1) is 15.5. The van der Waals surface area contributed by atoms with Crippen LogP contribution in [0.2, 0.25) is 0 Å². The first-order valence-electron chi connectivity index (χ1n) is 9.87. The number of ether oxygens (including phenoxy) is 1. The molecule has 2 aromatic carbocycles. The Balaban J connectivity index is 1.94. The summed E-state index contributed by atoms with van der Waals surface area (Å²) < 4.78 is 24.8. The van der Waals surface area contributed by atoms with Gasteiger partial charge in [-0.3, -0.25) is 9.59 Å². The molecule has 176 valence electrons. The Morgan fingerprint density at radius 1 is 1.15 bits per heavy atom. The van der Waals surface area contributed by atoms with Crippen molar-refractivity contribution in [3.05, 3.63) is 65.7 Å². The number of anilines is 1. The number of methoxy groups -OCH3 is 1. The van der Waals surface area contributed by atoms with E-state index in [4.69, 9.17) is 9.26 Å². The summed E-state index contributed by atoms with van der Waals surface area (Å²) in [5.41, 5.74) is 0.466. The highest BCUT2D eigenvalue weighted by atomic mass is 32.3. The van der Waals surface area contributed by atoms with E-state index in [2.05, 4.69) is 10.5 Å². The molecule has 3 rings (SSSR count). The minimum Gasteiger partial charge on any atom is -0.497 e. The molecule has 8 nitrogen and oxygen atoms in total. The molecule has 0 aliphatic heterocycles. The van der Waals surface area contributed by atoms with Crippen molar-refractivity contribution < 1.29 is 28.3 Å². The topological polar surface area (TPSA) is 105 Å². The summed E-state index contributed by atoms with van der Waals surface area (Å²) in [5.74, 6) is -2.02. The Morgan fingerprint density at radius 2 is 1.82 bits per heavy atom. The van der Waals surface area contributed by atoms with Crippen LogP contribution in [-0.4, -0.2) is 59.9 Å². The predicted molar refractivity (Wildman–Crippen MR) is 125 cm³/mol. The molecule has 0 saturated heterocycles. The molecule has 1 unspecified atom stereocenters. The fourth-order valence-electron chi connectivity index (χ4n) is 3.17. The molecule has 1 atom stereocenters. The van der Waals surface area contributed by atoms with E-state index in [9.17, 15) is 19.1 Å². The molecule has 0 bridgehead atoms. The molecule has 0 radical (unpaired) electrons. The Morgan fingerprint density at radius 3 is 2.33 bits per heavy atom. The lowest BCUT2D eigenvalue weighted by Crippen LogP contribution is -2.38. The Bertz CT molecular complexity index is 1160. The lowest BCUT2D eigenvalue weighted by Gasteiger charge is -2.28. The normalized spacial score (nSPS) is 12.7. The Kier molecular flexibility index (Phi) is 6.97. The average Bonchev–Trinajstić information content (AvgIpc) is 3.20. The van der Waals surface area contributed by atoms with Crippen LogP contribution >= 0.6 is 10.0 Å². The zero-order valence-electron chi connectivity index (χ0n) is 19.0. The number of benzene rings is 2. The van der Waals surface area contributed by atoms with Crippen molar-refractivity contribution >= 4 is 27.5 Å². The van der Waals surface area contributed by atoms with Crippen molar-refractivity contribution in [1.29, 1.82) is 0 Å². The summed E-state index contributed by atoms with van der Waals surface area (Å²) in [6.07, 6.45) is 6.13. The molecule has 0 spiro atoms. The summed E-state index contributed by atoms with van der Waals surface area (Å²) in [6.45, 7) is 0. The maximum Gasteiger partial charge on any atom is 0.293 e. The van der Waals surface area contributed by atoms with E-state index < -0.39 is 39.6 Å². The molecule has 0 fully saturated rings. The van der Waals surface area contributed by atoms with Crippen molar-refractivity contribution in [1.82, 2.24) is 10.1 Å². The highest BCUT2D eigenvalue weighted by Gasteiger charge is 2.32. The summed E-state index contributed by atoms with van der Waals surface area (Å²) in [5, 5.41) is 15.3. The molecule has 1 heterocycles. The number of rotatable bonds is 7. The van der Waals surface area contributed by atoms with Gasteiger partial charge in [0.2, 0.25) is 5.76 Å². The van der Waals surface area contributed by atoms with Gasteiger partial charge in [0, 0.05) is 7.05 Å². The summed E-state index contributed by atoms with van der Waals surface area (Å²) >= 11 is 0. The number of hydrogen-bond donors (Lipinski definition) is 2. The van der Waals surface area contributed by atoms with Gasteiger partial charge in [-0.1, -0.05) is 12.1 Å². The number of amides is 2. The average molecular weight is 476 g/mol. The number of carbonyl (C=O) groups excluding carboxylic acids is 2. The molecule has 0 aliphatic carbocycles. The highest BCUT2D eigenvalue weighted by Crippen LogP contribution is 2.45. The van der Waals surface area contributed by atoms with Gasteiger partial charge in [0.25, 0.3) is 17.7 Å². The maximum absolute atomic E-state index is 14.8. The molecule has 0 aliphatic rings. The highest BCUT2D eigenvalue weighted by molar-refractivity contribution is 8.32. The molecule has 33 heavy (non-hydrogen) atoms. The van der Waals surface area contributed by atoms with Gasteiger partial charge in [-0.25, -0.2) is 14.4 Å². The predicted octanol–water partition coefficient (Wildman–Crippen LogP) is 4.03. The van der Waals surface area contributed by atoms with E-state index >= 15 is 0 Å². The second-order valence-electron chi connectivity index (χ2n) is 8.11. The van der Waals surface area contributed by atoms with Crippen molar-refractivity contribution in [3.8, 4) is 11.6 Å². The third-order valence-electron chi connectivity index (χ3n) is 5.00. The molecule has 2 amide bonds. The lowest BCUT2D eigenvalue weighted by atomic mass is 10.0. The van der Waals surface area contributed by atoms with Crippen LogP contribution < -0.4 is 10.1 Å². The molecule has 1 aromatic heterocycles. The number of carbonyl (C=O) groups is 2. The van der Waals surface area contributed by atoms with E-state index in [1.54, 1.807) is 30.3 Å². The van der Waals surface area contributed by atoms with Gasteiger partial charge < -0.3 is 24.6 Å². The van der Waals surface area contributed by atoms with Crippen LogP contribution in [0.4, 0.5) is 10.1 Å². The third-order valence-corrected chi connectivity index (χ3v) is 6.67. The fraction of sp³-hybridized carbons (Fsp3) is 0.261. The molecule has 2 N–H and O–H groups in total. The van der Waals surface area contributed by atoms with Crippen molar-refractivity contribution in [2.75, 3.05) is 38.2 Å². The van der Waals surface area contributed by atoms with Crippen LogP contribution in [0.5, 0.6) is 11.6 Å². The van der Waals surface area contributed by atoms with Gasteiger partial charge in [-0.2, -0.15) is 0 Å². The van der Waals surface area contributed by atoms with E-state index in [0.717, 1.165) is 15.9 Å². The van der Waals surface area contributed by atoms with Gasteiger partial charge in [-0.05, 0) is 64.7 Å². The lowest BCUT2D eigenvalue weighted by molar-refractivity contribution is -0.120. The van der Waals surface area contributed by atoms with Crippen LogP contribution in [0.1, 0.15) is 22.2 Å². The number of aromatic hydroxyl groups is 1. The van der Waals surface area contributed by atoms with Crippen LogP contribution in [0, 0.1) is 5.82 Å². The summed E-state index contributed by atoms with van der Waals surface area (Å²) in [4.78, 5) is 28.2. The summed E-state index contributed by atoms with van der Waals surface area (Å²) in [7, 11) is 1.77. The molecular formula is C23H26FN3O5S. The van der Waals surface area contributed by atoms with Crippen molar-refractivity contribution in [3.63, 3.8) is 0 Å². The summed E-state index contributed by atoms with van der Waals surface area (Å²) in [6, 6.07) is 11.2. The van der Waals surface area contributed by atoms with Crippen molar-refractivity contribution in [2.24, 2.45) is 0 Å². The second-order valence-corrected chi connectivity index (χ2v) is 12.3. The van der Waals surface area contributed by atoms with Crippen LogP contribution in [0.3, 0.4) is 0 Å². The Labute approximate surface area is 192 Å². The van der Waals surface area contributed by atoms with Crippen LogP contribution in [-0.2, 0) is 4.79 Å². The maximum atomic E-state index is 14.8. The van der Waals surface area contributed by atoms with Gasteiger partial charge in [0.1, 0.15) is 17.6 Å². The smallest absolute Gasteiger partial charge is 0.293 e. The standard InChI is InChI=1S/C23H26FN3O5S/c1-27(23(30)19-13-20(28)26-32-19)21(14-6-8-15(31-2)9-7-14)22(29)25-18-11-10-16(12-17(18)24)33(3,4)5/h6-13,21H,1-5H3,(H,25,29)(H,26,28). The number of nitrogens with zero attached hydrogens (tertiary/aromatic N) is 2. The minimum atomic E-state index is -1.14. The largest absolute Gasteiger partial charge is 0.497 e. The van der Waals surface area contributed by atoms with Gasteiger partial charge in [0.05, 0.1) is 18.9 Å².